The number of benzene rings is 2. The molecule has 0 radical (unpaired) electrons. The molecule has 3 rings (SSSR count). The first kappa shape index (κ1) is 19.4. The van der Waals surface area contributed by atoms with Crippen LogP contribution in [-0.4, -0.2) is 20.1 Å². The number of carbonyl (C=O) groups excluding carboxylic acids is 1. The number of sulfone groups is 1. The van der Waals surface area contributed by atoms with Crippen LogP contribution in [0, 0.1) is 12.8 Å². The molecule has 2 aromatic rings. The Morgan fingerprint density at radius 1 is 1.07 bits per heavy atom. The predicted octanol–water partition coefficient (Wildman–Crippen LogP) is 4.52. The van der Waals surface area contributed by atoms with E-state index in [9.17, 15) is 13.2 Å². The van der Waals surface area contributed by atoms with E-state index >= 15 is 0 Å². The third-order valence-corrected chi connectivity index (χ3v) is 6.77. The SMILES string of the molecule is Cc1ccc(S(=O)(=O)CC2CCCC=C(C(=O)Nc3ccccc3)C2)cc1. The lowest BCUT2D eigenvalue weighted by atomic mass is 9.99. The van der Waals surface area contributed by atoms with Gasteiger partial charge in [-0.1, -0.05) is 42.0 Å². The number of aryl methyl sites for hydroxylation is 1. The molecule has 0 aliphatic heterocycles. The Balaban J connectivity index is 1.69. The Morgan fingerprint density at radius 2 is 1.78 bits per heavy atom. The van der Waals surface area contributed by atoms with Crippen LogP contribution in [0.25, 0.3) is 0 Å². The van der Waals surface area contributed by atoms with Crippen LogP contribution in [0.3, 0.4) is 0 Å². The van der Waals surface area contributed by atoms with Crippen molar-refractivity contribution in [3.05, 3.63) is 71.8 Å². The lowest BCUT2D eigenvalue weighted by Crippen LogP contribution is -2.20. The molecule has 0 saturated heterocycles. The van der Waals surface area contributed by atoms with Gasteiger partial charge in [0.25, 0.3) is 5.91 Å². The summed E-state index contributed by atoms with van der Waals surface area (Å²) in [5.74, 6) is -0.112. The molecule has 0 spiro atoms. The fourth-order valence-corrected chi connectivity index (χ4v) is 5.04. The van der Waals surface area contributed by atoms with Crippen LogP contribution in [0.15, 0.2) is 71.1 Å². The number of para-hydroxylation sites is 1. The number of hydrogen-bond donors (Lipinski definition) is 1. The summed E-state index contributed by atoms with van der Waals surface area (Å²) in [5, 5.41) is 2.90. The summed E-state index contributed by atoms with van der Waals surface area (Å²) in [6.07, 6.45) is 4.96. The molecule has 1 unspecified atom stereocenters. The quantitative estimate of drug-likeness (QED) is 0.825. The second-order valence-electron chi connectivity index (χ2n) is 7.15. The Morgan fingerprint density at radius 3 is 2.48 bits per heavy atom. The molecule has 1 aliphatic carbocycles. The largest absolute Gasteiger partial charge is 0.322 e. The maximum Gasteiger partial charge on any atom is 0.251 e. The molecule has 142 valence electrons. The van der Waals surface area contributed by atoms with Crippen LogP contribution in [0.1, 0.15) is 31.2 Å². The molecule has 0 heterocycles. The molecule has 0 saturated carbocycles. The van der Waals surface area contributed by atoms with Crippen LogP contribution in [0.2, 0.25) is 0 Å². The number of amides is 1. The number of anilines is 1. The van der Waals surface area contributed by atoms with Gasteiger partial charge in [0.2, 0.25) is 0 Å². The van der Waals surface area contributed by atoms with Gasteiger partial charge >= 0.3 is 0 Å². The summed E-state index contributed by atoms with van der Waals surface area (Å²) < 4.78 is 25.5. The molecule has 2 aromatic carbocycles. The van der Waals surface area contributed by atoms with Crippen molar-refractivity contribution in [2.24, 2.45) is 5.92 Å². The molecule has 1 N–H and O–H groups in total. The fourth-order valence-electron chi connectivity index (χ4n) is 3.39. The number of rotatable bonds is 5. The van der Waals surface area contributed by atoms with Crippen molar-refractivity contribution in [1.82, 2.24) is 0 Å². The van der Waals surface area contributed by atoms with Crippen LogP contribution in [0.4, 0.5) is 5.69 Å². The zero-order chi connectivity index (χ0) is 19.3. The molecule has 0 fully saturated rings. The highest BCUT2D eigenvalue weighted by atomic mass is 32.2. The van der Waals surface area contributed by atoms with Crippen molar-refractivity contribution in [1.29, 1.82) is 0 Å². The number of nitrogens with one attached hydrogen (secondary N) is 1. The standard InChI is InChI=1S/C22H25NO3S/c1-17-11-13-21(14-12-17)27(25,26)16-18-7-5-6-8-19(15-18)22(24)23-20-9-3-2-4-10-20/h2-4,8-14,18H,5-7,15-16H2,1H3,(H,23,24). The average Bonchev–Trinajstić information content (AvgIpc) is 2.88. The van der Waals surface area contributed by atoms with E-state index in [1.54, 1.807) is 12.1 Å². The Hall–Kier alpha value is -2.40. The second-order valence-corrected chi connectivity index (χ2v) is 9.18. The van der Waals surface area contributed by atoms with Gasteiger partial charge < -0.3 is 5.32 Å². The summed E-state index contributed by atoms with van der Waals surface area (Å²) in [4.78, 5) is 13.0. The third-order valence-electron chi connectivity index (χ3n) is 4.87. The lowest BCUT2D eigenvalue weighted by Gasteiger charge is -2.17. The first-order valence-corrected chi connectivity index (χ1v) is 10.9. The topological polar surface area (TPSA) is 63.2 Å². The zero-order valence-electron chi connectivity index (χ0n) is 15.5. The minimum atomic E-state index is -3.36. The van der Waals surface area contributed by atoms with Gasteiger partial charge in [0.15, 0.2) is 9.84 Å². The van der Waals surface area contributed by atoms with Crippen LogP contribution >= 0.6 is 0 Å². The van der Waals surface area contributed by atoms with Gasteiger partial charge in [-0.3, -0.25) is 4.79 Å². The highest BCUT2D eigenvalue weighted by Crippen LogP contribution is 2.27. The maximum atomic E-state index is 12.8. The summed E-state index contributed by atoms with van der Waals surface area (Å²) in [5.41, 5.74) is 2.46. The second kappa shape index (κ2) is 8.53. The molecule has 5 heteroatoms. The lowest BCUT2D eigenvalue weighted by molar-refractivity contribution is -0.113. The van der Waals surface area contributed by atoms with E-state index in [4.69, 9.17) is 0 Å². The van der Waals surface area contributed by atoms with Gasteiger partial charge in [-0.05, 0) is 62.8 Å². The molecule has 1 amide bonds. The smallest absolute Gasteiger partial charge is 0.251 e. The molecule has 27 heavy (non-hydrogen) atoms. The molecule has 1 aliphatic rings. The van der Waals surface area contributed by atoms with Gasteiger partial charge in [0.1, 0.15) is 0 Å². The first-order chi connectivity index (χ1) is 12.9. The minimum absolute atomic E-state index is 0.0495. The molecular formula is C22H25NO3S. The Labute approximate surface area is 161 Å². The van der Waals surface area contributed by atoms with Crippen LogP contribution < -0.4 is 5.32 Å². The van der Waals surface area contributed by atoms with Crippen molar-refractivity contribution in [3.8, 4) is 0 Å². The summed E-state index contributed by atoms with van der Waals surface area (Å²) >= 11 is 0. The van der Waals surface area contributed by atoms with Crippen molar-refractivity contribution in [2.75, 3.05) is 11.1 Å². The van der Waals surface area contributed by atoms with Crippen LogP contribution in [-0.2, 0) is 14.6 Å². The van der Waals surface area contributed by atoms with Gasteiger partial charge in [0, 0.05) is 11.3 Å². The van der Waals surface area contributed by atoms with Gasteiger partial charge in [-0.25, -0.2) is 8.42 Å². The number of carbonyl (C=O) groups is 1. The van der Waals surface area contributed by atoms with Crippen molar-refractivity contribution in [2.45, 2.75) is 37.5 Å². The maximum absolute atomic E-state index is 12.8. The normalized spacial score (nSPS) is 17.7. The molecule has 1 atom stereocenters. The molecule has 0 aromatic heterocycles. The minimum Gasteiger partial charge on any atom is -0.322 e. The number of hydrogen-bond acceptors (Lipinski definition) is 3. The van der Waals surface area contributed by atoms with E-state index in [2.05, 4.69) is 5.32 Å². The predicted molar refractivity (Wildman–Crippen MR) is 108 cm³/mol. The van der Waals surface area contributed by atoms with Crippen LogP contribution in [0.5, 0.6) is 0 Å². The van der Waals surface area contributed by atoms with Gasteiger partial charge in [0.05, 0.1) is 10.6 Å². The summed E-state index contributed by atoms with van der Waals surface area (Å²) in [6.45, 7) is 1.93. The Kier molecular flexibility index (Phi) is 6.11. The molecular weight excluding hydrogens is 358 g/mol. The highest BCUT2D eigenvalue weighted by molar-refractivity contribution is 7.91. The summed E-state index contributed by atoms with van der Waals surface area (Å²) in [6, 6.07) is 16.3. The zero-order valence-corrected chi connectivity index (χ0v) is 16.3. The van der Waals surface area contributed by atoms with E-state index < -0.39 is 9.84 Å². The Bertz CT molecular complexity index is 916. The molecule has 0 bridgehead atoms. The van der Waals surface area contributed by atoms with Crippen molar-refractivity contribution < 1.29 is 13.2 Å². The van der Waals surface area contributed by atoms with Crippen molar-refractivity contribution >= 4 is 21.4 Å². The van der Waals surface area contributed by atoms with E-state index in [1.165, 1.54) is 0 Å². The van der Waals surface area contributed by atoms with Gasteiger partial charge in [-0.15, -0.1) is 0 Å². The third kappa shape index (κ3) is 5.30. The first-order valence-electron chi connectivity index (χ1n) is 9.29. The van der Waals surface area contributed by atoms with Gasteiger partial charge in [-0.2, -0.15) is 0 Å². The number of allylic oxidation sites excluding steroid dienone is 1. The molecule has 4 nitrogen and oxygen atoms in total. The summed E-state index contributed by atoms with van der Waals surface area (Å²) in [7, 11) is -3.36. The monoisotopic (exact) mass is 383 g/mol. The van der Waals surface area contributed by atoms with Crippen molar-refractivity contribution in [3.63, 3.8) is 0 Å². The van der Waals surface area contributed by atoms with E-state index in [0.717, 1.165) is 30.5 Å². The van der Waals surface area contributed by atoms with E-state index in [0.29, 0.717) is 16.9 Å². The van der Waals surface area contributed by atoms with E-state index in [-0.39, 0.29) is 17.6 Å². The fraction of sp³-hybridized carbons (Fsp3) is 0.318. The van der Waals surface area contributed by atoms with E-state index in [1.807, 2.05) is 55.5 Å². The average molecular weight is 384 g/mol. The highest BCUT2D eigenvalue weighted by Gasteiger charge is 2.25.